The van der Waals surface area contributed by atoms with Crippen molar-refractivity contribution in [3.63, 3.8) is 0 Å². The number of guanidine groups is 1. The van der Waals surface area contributed by atoms with Gasteiger partial charge in [0, 0.05) is 38.0 Å². The molecule has 27 heavy (non-hydrogen) atoms. The van der Waals surface area contributed by atoms with Gasteiger partial charge in [0.1, 0.15) is 5.82 Å². The van der Waals surface area contributed by atoms with Crippen LogP contribution in [0.25, 0.3) is 0 Å². The number of halogens is 2. The molecule has 2 fully saturated rings. The molecular weight excluding hydrogens is 458 g/mol. The van der Waals surface area contributed by atoms with Crippen LogP contribution in [-0.2, 0) is 10.2 Å². The second-order valence-electron chi connectivity index (χ2n) is 7.25. The van der Waals surface area contributed by atoms with E-state index in [1.165, 1.54) is 6.07 Å². The Hall–Kier alpha value is -1.38. The standard InChI is InChI=1S/C20H29FN4O.HI/c1-2-22-19(23-11-5-13-25-12-4-8-18(25)26)24-15-20(9-10-20)16-6-3-7-17(21)14-16;/h3,6-7,14H,2,4-5,8-13,15H2,1H3,(H2,22,23,24);1H. The normalized spacial score (nSPS) is 18.2. The summed E-state index contributed by atoms with van der Waals surface area (Å²) < 4.78 is 13.5. The Balaban J connectivity index is 0.00000261. The Labute approximate surface area is 178 Å². The summed E-state index contributed by atoms with van der Waals surface area (Å²) in [5, 5.41) is 6.62. The molecule has 1 aliphatic carbocycles. The van der Waals surface area contributed by atoms with Gasteiger partial charge in [-0.25, -0.2) is 4.39 Å². The van der Waals surface area contributed by atoms with E-state index in [-0.39, 0.29) is 41.1 Å². The lowest BCUT2D eigenvalue weighted by molar-refractivity contribution is -0.127. The highest BCUT2D eigenvalue weighted by atomic mass is 127. The van der Waals surface area contributed by atoms with Crippen LogP contribution in [0.1, 0.15) is 44.6 Å². The molecule has 2 aliphatic rings. The molecule has 3 rings (SSSR count). The number of carbonyl (C=O) groups is 1. The molecule has 0 aromatic heterocycles. The molecule has 1 aromatic carbocycles. The van der Waals surface area contributed by atoms with Gasteiger partial charge in [0.05, 0.1) is 6.54 Å². The molecule has 150 valence electrons. The minimum Gasteiger partial charge on any atom is -0.357 e. The summed E-state index contributed by atoms with van der Waals surface area (Å²) in [6, 6.07) is 6.89. The monoisotopic (exact) mass is 488 g/mol. The highest BCUT2D eigenvalue weighted by Gasteiger charge is 2.44. The van der Waals surface area contributed by atoms with Gasteiger partial charge in [0.2, 0.25) is 5.91 Å². The molecule has 1 amide bonds. The van der Waals surface area contributed by atoms with Gasteiger partial charge in [0.15, 0.2) is 5.96 Å². The fraction of sp³-hybridized carbons (Fsp3) is 0.600. The van der Waals surface area contributed by atoms with E-state index in [0.29, 0.717) is 13.0 Å². The van der Waals surface area contributed by atoms with Crippen LogP contribution in [0.3, 0.4) is 0 Å². The summed E-state index contributed by atoms with van der Waals surface area (Å²) in [5.41, 5.74) is 1.04. The van der Waals surface area contributed by atoms with Crippen LogP contribution >= 0.6 is 24.0 Å². The largest absolute Gasteiger partial charge is 0.357 e. The van der Waals surface area contributed by atoms with Gasteiger partial charge in [-0.1, -0.05) is 12.1 Å². The van der Waals surface area contributed by atoms with Gasteiger partial charge < -0.3 is 15.5 Å². The zero-order valence-electron chi connectivity index (χ0n) is 16.0. The van der Waals surface area contributed by atoms with Gasteiger partial charge in [-0.15, -0.1) is 24.0 Å². The predicted octanol–water partition coefficient (Wildman–Crippen LogP) is 3.04. The van der Waals surface area contributed by atoms with Crippen LogP contribution in [0.5, 0.6) is 0 Å². The van der Waals surface area contributed by atoms with Crippen molar-refractivity contribution >= 4 is 35.8 Å². The molecule has 2 N–H and O–H groups in total. The van der Waals surface area contributed by atoms with E-state index in [2.05, 4.69) is 10.6 Å². The van der Waals surface area contributed by atoms with Crippen molar-refractivity contribution in [2.45, 2.75) is 44.4 Å². The maximum atomic E-state index is 13.5. The SMILES string of the molecule is CCNC(=NCC1(c2cccc(F)c2)CC1)NCCCN1CCCC1=O.I. The Morgan fingerprint density at radius 1 is 1.33 bits per heavy atom. The fourth-order valence-electron chi connectivity index (χ4n) is 3.50. The lowest BCUT2D eigenvalue weighted by Crippen LogP contribution is -2.39. The molecule has 1 aromatic rings. The van der Waals surface area contributed by atoms with E-state index in [1.54, 1.807) is 12.1 Å². The minimum atomic E-state index is -0.181. The summed E-state index contributed by atoms with van der Waals surface area (Å²) in [6.07, 6.45) is 4.69. The molecule has 7 heteroatoms. The Morgan fingerprint density at radius 3 is 2.78 bits per heavy atom. The third-order valence-corrected chi connectivity index (χ3v) is 5.24. The number of carbonyl (C=O) groups excluding carboxylic acids is 1. The average molecular weight is 488 g/mol. The number of nitrogens with one attached hydrogen (secondary N) is 2. The number of rotatable bonds is 8. The molecule has 0 unspecified atom stereocenters. The maximum absolute atomic E-state index is 13.5. The van der Waals surface area contributed by atoms with Gasteiger partial charge in [-0.05, 0) is 50.3 Å². The number of hydrogen-bond donors (Lipinski definition) is 2. The number of hydrogen-bond acceptors (Lipinski definition) is 2. The van der Waals surface area contributed by atoms with E-state index < -0.39 is 0 Å². The summed E-state index contributed by atoms with van der Waals surface area (Å²) in [7, 11) is 0. The molecule has 5 nitrogen and oxygen atoms in total. The third-order valence-electron chi connectivity index (χ3n) is 5.24. The topological polar surface area (TPSA) is 56.7 Å². The fourth-order valence-corrected chi connectivity index (χ4v) is 3.50. The quantitative estimate of drug-likeness (QED) is 0.256. The zero-order valence-corrected chi connectivity index (χ0v) is 18.3. The number of amides is 1. The second kappa shape index (κ2) is 10.2. The summed E-state index contributed by atoms with van der Waals surface area (Å²) in [5.74, 6) is 0.888. The van der Waals surface area contributed by atoms with Gasteiger partial charge in [0.25, 0.3) is 0 Å². The first-order valence-electron chi connectivity index (χ1n) is 9.69. The highest BCUT2D eigenvalue weighted by molar-refractivity contribution is 14.0. The Kier molecular flexibility index (Phi) is 8.31. The number of likely N-dealkylation sites (tertiary alicyclic amines) is 1. The van der Waals surface area contributed by atoms with Gasteiger partial charge >= 0.3 is 0 Å². The van der Waals surface area contributed by atoms with Crippen LogP contribution in [0.15, 0.2) is 29.3 Å². The summed E-state index contributed by atoms with van der Waals surface area (Å²) >= 11 is 0. The minimum absolute atomic E-state index is 0. The first kappa shape index (κ1) is 21.9. The lowest BCUT2D eigenvalue weighted by Gasteiger charge is -2.18. The number of nitrogens with zero attached hydrogens (tertiary/aromatic N) is 2. The maximum Gasteiger partial charge on any atom is 0.222 e. The van der Waals surface area contributed by atoms with Crippen LogP contribution < -0.4 is 10.6 Å². The highest BCUT2D eigenvalue weighted by Crippen LogP contribution is 2.48. The first-order valence-corrected chi connectivity index (χ1v) is 9.69. The molecule has 0 bridgehead atoms. The molecule has 0 spiro atoms. The summed E-state index contributed by atoms with van der Waals surface area (Å²) in [4.78, 5) is 18.3. The van der Waals surface area contributed by atoms with E-state index in [0.717, 1.165) is 63.4 Å². The molecule has 0 radical (unpaired) electrons. The van der Waals surface area contributed by atoms with Crippen LogP contribution in [0, 0.1) is 5.82 Å². The van der Waals surface area contributed by atoms with E-state index in [1.807, 2.05) is 17.9 Å². The lowest BCUT2D eigenvalue weighted by atomic mass is 9.96. The van der Waals surface area contributed by atoms with Crippen molar-refractivity contribution in [1.82, 2.24) is 15.5 Å². The Bertz CT molecular complexity index is 663. The van der Waals surface area contributed by atoms with Crippen molar-refractivity contribution in [3.05, 3.63) is 35.6 Å². The van der Waals surface area contributed by atoms with Crippen LogP contribution in [-0.4, -0.2) is 49.5 Å². The molecular formula is C20H30FIN4O. The molecule has 1 aliphatic heterocycles. The predicted molar refractivity (Wildman–Crippen MR) is 117 cm³/mol. The number of benzene rings is 1. The molecule has 0 atom stereocenters. The van der Waals surface area contributed by atoms with Crippen molar-refractivity contribution < 1.29 is 9.18 Å². The van der Waals surface area contributed by atoms with E-state index >= 15 is 0 Å². The van der Waals surface area contributed by atoms with Crippen molar-refractivity contribution in [2.75, 3.05) is 32.7 Å². The van der Waals surface area contributed by atoms with Crippen molar-refractivity contribution in [1.29, 1.82) is 0 Å². The van der Waals surface area contributed by atoms with Crippen molar-refractivity contribution in [3.8, 4) is 0 Å². The number of aliphatic imine (C=N–C) groups is 1. The smallest absolute Gasteiger partial charge is 0.222 e. The van der Waals surface area contributed by atoms with Crippen LogP contribution in [0.4, 0.5) is 4.39 Å². The van der Waals surface area contributed by atoms with Gasteiger partial charge in [-0.2, -0.15) is 0 Å². The summed E-state index contributed by atoms with van der Waals surface area (Å²) in [6.45, 7) is 5.98. The van der Waals surface area contributed by atoms with Crippen LogP contribution in [0.2, 0.25) is 0 Å². The molecule has 1 saturated carbocycles. The first-order chi connectivity index (χ1) is 12.6. The van der Waals surface area contributed by atoms with Crippen molar-refractivity contribution in [2.24, 2.45) is 4.99 Å². The average Bonchev–Trinajstić information content (AvgIpc) is 3.32. The van der Waals surface area contributed by atoms with Gasteiger partial charge in [-0.3, -0.25) is 9.79 Å². The Morgan fingerprint density at radius 2 is 2.15 bits per heavy atom. The third kappa shape index (κ3) is 6.05. The van der Waals surface area contributed by atoms with E-state index in [4.69, 9.17) is 4.99 Å². The zero-order chi connectivity index (χ0) is 18.4. The second-order valence-corrected chi connectivity index (χ2v) is 7.25. The molecule has 1 saturated heterocycles. The molecule has 1 heterocycles. The van der Waals surface area contributed by atoms with E-state index in [9.17, 15) is 9.18 Å².